The van der Waals surface area contributed by atoms with E-state index in [1.165, 1.54) is 6.26 Å². The van der Waals surface area contributed by atoms with Crippen LogP contribution in [0.4, 0.5) is 0 Å². The van der Waals surface area contributed by atoms with Crippen molar-refractivity contribution in [3.8, 4) is 5.69 Å². The highest BCUT2D eigenvalue weighted by Gasteiger charge is 2.09. The third-order valence-corrected chi connectivity index (χ3v) is 4.61. The van der Waals surface area contributed by atoms with Gasteiger partial charge in [-0.15, -0.1) is 0 Å². The fourth-order valence-electron chi connectivity index (χ4n) is 2.51. The maximum atomic E-state index is 12.2. The highest BCUT2D eigenvalue weighted by Crippen LogP contribution is 2.10. The van der Waals surface area contributed by atoms with Gasteiger partial charge in [0.1, 0.15) is 0 Å². The Bertz CT molecular complexity index is 994. The Kier molecular flexibility index (Phi) is 5.18. The molecular weight excluding hydrogens is 350 g/mol. The second-order valence-electron chi connectivity index (χ2n) is 6.08. The van der Waals surface area contributed by atoms with Crippen molar-refractivity contribution in [1.82, 2.24) is 15.1 Å². The summed E-state index contributed by atoms with van der Waals surface area (Å²) in [5, 5.41) is 7.13. The Balaban J connectivity index is 1.60. The zero-order valence-electron chi connectivity index (χ0n) is 14.3. The molecule has 1 N–H and O–H groups in total. The normalized spacial score (nSPS) is 11.3. The molecule has 0 fully saturated rings. The molecule has 0 bridgehead atoms. The molecule has 3 rings (SSSR count). The van der Waals surface area contributed by atoms with E-state index in [4.69, 9.17) is 0 Å². The average Bonchev–Trinajstić information content (AvgIpc) is 3.09. The number of nitrogens with zero attached hydrogens (tertiary/aromatic N) is 2. The molecule has 0 saturated heterocycles. The Morgan fingerprint density at radius 1 is 1.04 bits per heavy atom. The molecular formula is C19H19N3O3S. The van der Waals surface area contributed by atoms with Crippen LogP contribution in [0.25, 0.3) is 5.69 Å². The van der Waals surface area contributed by atoms with Crippen molar-refractivity contribution >= 4 is 15.7 Å². The van der Waals surface area contributed by atoms with E-state index in [2.05, 4.69) is 10.4 Å². The highest BCUT2D eigenvalue weighted by atomic mass is 32.2. The van der Waals surface area contributed by atoms with Gasteiger partial charge in [-0.3, -0.25) is 4.79 Å². The van der Waals surface area contributed by atoms with Crippen LogP contribution in [0.5, 0.6) is 0 Å². The standard InChI is InChI=1S/C19H19N3O3S/c1-26(24,25)14-15-7-9-17(10-8-15)19(23)20-11-16-12-21-22(13-16)18-5-3-2-4-6-18/h2-10,12-13H,11,14H2,1H3,(H,20,23). The van der Waals surface area contributed by atoms with Crippen LogP contribution in [-0.4, -0.2) is 30.4 Å². The first-order valence-corrected chi connectivity index (χ1v) is 10.1. The van der Waals surface area contributed by atoms with Gasteiger partial charge in [-0.2, -0.15) is 5.10 Å². The minimum Gasteiger partial charge on any atom is -0.348 e. The fourth-order valence-corrected chi connectivity index (χ4v) is 3.31. The van der Waals surface area contributed by atoms with E-state index < -0.39 is 9.84 Å². The van der Waals surface area contributed by atoms with E-state index in [9.17, 15) is 13.2 Å². The number of carbonyl (C=O) groups excluding carboxylic acids is 1. The lowest BCUT2D eigenvalue weighted by Gasteiger charge is -2.05. The number of aromatic nitrogens is 2. The molecule has 1 amide bonds. The number of sulfone groups is 1. The summed E-state index contributed by atoms with van der Waals surface area (Å²) in [6.07, 6.45) is 4.76. The second-order valence-corrected chi connectivity index (χ2v) is 8.22. The molecule has 0 atom stereocenters. The van der Waals surface area contributed by atoms with Crippen molar-refractivity contribution in [2.75, 3.05) is 6.26 Å². The van der Waals surface area contributed by atoms with Crippen molar-refractivity contribution in [3.05, 3.63) is 83.7 Å². The predicted octanol–water partition coefficient (Wildman–Crippen LogP) is 2.35. The molecule has 1 aromatic heterocycles. The fraction of sp³-hybridized carbons (Fsp3) is 0.158. The van der Waals surface area contributed by atoms with E-state index >= 15 is 0 Å². The zero-order chi connectivity index (χ0) is 18.6. The molecule has 0 unspecified atom stereocenters. The number of nitrogens with one attached hydrogen (secondary N) is 1. The summed E-state index contributed by atoms with van der Waals surface area (Å²) in [5.74, 6) is -0.253. The van der Waals surface area contributed by atoms with E-state index in [0.717, 1.165) is 11.3 Å². The monoisotopic (exact) mass is 369 g/mol. The smallest absolute Gasteiger partial charge is 0.251 e. The number of carbonyl (C=O) groups is 1. The van der Waals surface area contributed by atoms with E-state index in [1.807, 2.05) is 36.5 Å². The summed E-state index contributed by atoms with van der Waals surface area (Å²) in [6.45, 7) is 0.358. The number of benzene rings is 2. The van der Waals surface area contributed by atoms with Crippen molar-refractivity contribution in [2.45, 2.75) is 12.3 Å². The molecule has 134 valence electrons. The van der Waals surface area contributed by atoms with Crippen molar-refractivity contribution in [3.63, 3.8) is 0 Å². The summed E-state index contributed by atoms with van der Waals surface area (Å²) >= 11 is 0. The molecule has 3 aromatic rings. The Morgan fingerprint density at radius 2 is 1.73 bits per heavy atom. The van der Waals surface area contributed by atoms with Gasteiger partial charge in [-0.1, -0.05) is 30.3 Å². The molecule has 1 heterocycles. The molecule has 2 aromatic carbocycles. The summed E-state index contributed by atoms with van der Waals surface area (Å²) < 4.78 is 24.3. The van der Waals surface area contributed by atoms with E-state index in [-0.39, 0.29) is 11.7 Å². The van der Waals surface area contributed by atoms with Gasteiger partial charge in [-0.25, -0.2) is 13.1 Å². The lowest BCUT2D eigenvalue weighted by Crippen LogP contribution is -2.22. The second kappa shape index (κ2) is 7.53. The maximum Gasteiger partial charge on any atom is 0.251 e. The molecule has 0 spiro atoms. The van der Waals surface area contributed by atoms with Crippen molar-refractivity contribution < 1.29 is 13.2 Å². The van der Waals surface area contributed by atoms with Crippen LogP contribution >= 0.6 is 0 Å². The van der Waals surface area contributed by atoms with Crippen molar-refractivity contribution in [1.29, 1.82) is 0 Å². The highest BCUT2D eigenvalue weighted by molar-refractivity contribution is 7.89. The molecule has 0 aliphatic heterocycles. The predicted molar refractivity (Wildman–Crippen MR) is 99.7 cm³/mol. The lowest BCUT2D eigenvalue weighted by molar-refractivity contribution is 0.0951. The summed E-state index contributed by atoms with van der Waals surface area (Å²) in [6, 6.07) is 16.3. The molecule has 0 saturated carbocycles. The lowest BCUT2D eigenvalue weighted by atomic mass is 10.1. The SMILES string of the molecule is CS(=O)(=O)Cc1ccc(C(=O)NCc2cnn(-c3ccccc3)c2)cc1. The van der Waals surface area contributed by atoms with Crippen LogP contribution in [0.1, 0.15) is 21.5 Å². The topological polar surface area (TPSA) is 81.1 Å². The third kappa shape index (κ3) is 4.80. The van der Waals surface area contributed by atoms with Crippen LogP contribution in [0, 0.1) is 0 Å². The molecule has 6 nitrogen and oxygen atoms in total. The minimum atomic E-state index is -3.09. The van der Waals surface area contributed by atoms with Gasteiger partial charge in [0.05, 0.1) is 17.6 Å². The third-order valence-electron chi connectivity index (χ3n) is 3.75. The van der Waals surface area contributed by atoms with Crippen molar-refractivity contribution in [2.24, 2.45) is 0 Å². The molecule has 26 heavy (non-hydrogen) atoms. The van der Waals surface area contributed by atoms with Gasteiger partial charge in [-0.05, 0) is 29.8 Å². The van der Waals surface area contributed by atoms with Crippen LogP contribution in [0.15, 0.2) is 67.0 Å². The largest absolute Gasteiger partial charge is 0.348 e. The summed E-state index contributed by atoms with van der Waals surface area (Å²) in [7, 11) is -3.09. The first-order valence-electron chi connectivity index (χ1n) is 8.04. The van der Waals surface area contributed by atoms with Gasteiger partial charge in [0.2, 0.25) is 0 Å². The van der Waals surface area contributed by atoms with Crippen LogP contribution in [0.2, 0.25) is 0 Å². The van der Waals surface area contributed by atoms with Gasteiger partial charge in [0.15, 0.2) is 9.84 Å². The number of hydrogen-bond donors (Lipinski definition) is 1. The van der Waals surface area contributed by atoms with Gasteiger partial charge < -0.3 is 5.32 Å². The molecule has 0 aliphatic carbocycles. The van der Waals surface area contributed by atoms with E-state index in [0.29, 0.717) is 17.7 Å². The molecule has 0 radical (unpaired) electrons. The number of amides is 1. The maximum absolute atomic E-state index is 12.2. The van der Waals surface area contributed by atoms with E-state index in [1.54, 1.807) is 35.1 Å². The minimum absolute atomic E-state index is 0.0342. The Hall–Kier alpha value is -2.93. The molecule has 0 aliphatic rings. The first kappa shape index (κ1) is 17.9. The summed E-state index contributed by atoms with van der Waals surface area (Å²) in [4.78, 5) is 12.2. The van der Waals surface area contributed by atoms with Gasteiger partial charge in [0.25, 0.3) is 5.91 Å². The summed E-state index contributed by atoms with van der Waals surface area (Å²) in [5.41, 5.74) is 2.98. The van der Waals surface area contributed by atoms with Crippen LogP contribution in [0.3, 0.4) is 0 Å². The van der Waals surface area contributed by atoms with Gasteiger partial charge >= 0.3 is 0 Å². The van der Waals surface area contributed by atoms with Gasteiger partial charge in [0, 0.05) is 30.1 Å². The Morgan fingerprint density at radius 3 is 2.38 bits per heavy atom. The average molecular weight is 369 g/mol. The van der Waals surface area contributed by atoms with Crippen LogP contribution in [-0.2, 0) is 22.1 Å². The van der Waals surface area contributed by atoms with Crippen LogP contribution < -0.4 is 5.32 Å². The quantitative estimate of drug-likeness (QED) is 0.723. The first-order chi connectivity index (χ1) is 12.4. The Labute approximate surface area is 152 Å². The molecule has 7 heteroatoms. The number of para-hydroxylation sites is 1. The zero-order valence-corrected chi connectivity index (χ0v) is 15.1. The number of rotatable bonds is 6. The number of hydrogen-bond acceptors (Lipinski definition) is 4.